The molecule has 0 bridgehead atoms. The average Bonchev–Trinajstić information content (AvgIpc) is 3.35. The summed E-state index contributed by atoms with van der Waals surface area (Å²) in [6, 6.07) is 0. The minimum atomic E-state index is -0.498. The van der Waals surface area contributed by atoms with E-state index in [1.807, 2.05) is 4.90 Å². The van der Waals surface area contributed by atoms with Gasteiger partial charge in [0, 0.05) is 32.0 Å². The molecule has 3 aliphatic rings. The third-order valence-corrected chi connectivity index (χ3v) is 6.11. The number of piperidine rings is 1. The van der Waals surface area contributed by atoms with Crippen LogP contribution in [0.1, 0.15) is 58.3 Å². The van der Waals surface area contributed by atoms with Gasteiger partial charge in [-0.05, 0) is 51.1 Å². The first-order chi connectivity index (χ1) is 10.6. The van der Waals surface area contributed by atoms with Crippen LogP contribution >= 0.6 is 0 Å². The normalized spacial score (nSPS) is 34.5. The second kappa shape index (κ2) is 6.88. The van der Waals surface area contributed by atoms with E-state index in [4.69, 9.17) is 0 Å². The van der Waals surface area contributed by atoms with Crippen molar-refractivity contribution in [3.8, 4) is 0 Å². The molecule has 0 radical (unpaired) electrons. The molecule has 1 amide bonds. The highest BCUT2D eigenvalue weighted by Gasteiger charge is 2.50. The summed E-state index contributed by atoms with van der Waals surface area (Å²) < 4.78 is 0. The predicted octanol–water partition coefficient (Wildman–Crippen LogP) is 2.26. The molecule has 0 aromatic heterocycles. The molecule has 0 unspecified atom stereocenters. The first kappa shape index (κ1) is 16.3. The number of carbonyl (C=O) groups excluding carboxylic acids is 1. The number of nitrogens with zero attached hydrogens (tertiary/aromatic N) is 2. The van der Waals surface area contributed by atoms with Crippen molar-refractivity contribution in [2.45, 2.75) is 63.9 Å². The second-order valence-corrected chi connectivity index (χ2v) is 7.76. The van der Waals surface area contributed by atoms with E-state index < -0.39 is 5.60 Å². The van der Waals surface area contributed by atoms with Crippen molar-refractivity contribution < 1.29 is 9.90 Å². The molecule has 0 spiro atoms. The molecule has 22 heavy (non-hydrogen) atoms. The van der Waals surface area contributed by atoms with E-state index in [1.165, 1.54) is 38.5 Å². The molecule has 2 saturated heterocycles. The van der Waals surface area contributed by atoms with Crippen molar-refractivity contribution in [2.75, 3.05) is 32.7 Å². The fourth-order valence-corrected chi connectivity index (χ4v) is 4.33. The molecule has 3 rings (SSSR count). The first-order valence-corrected chi connectivity index (χ1v) is 9.32. The van der Waals surface area contributed by atoms with Gasteiger partial charge < -0.3 is 14.9 Å². The Balaban J connectivity index is 1.44. The van der Waals surface area contributed by atoms with Gasteiger partial charge >= 0.3 is 0 Å². The van der Waals surface area contributed by atoms with Gasteiger partial charge in [-0.25, -0.2) is 0 Å². The molecule has 4 nitrogen and oxygen atoms in total. The molecule has 2 aliphatic heterocycles. The fourth-order valence-electron chi connectivity index (χ4n) is 4.33. The number of hydrogen-bond acceptors (Lipinski definition) is 3. The highest BCUT2D eigenvalue weighted by molar-refractivity contribution is 5.76. The Bertz CT molecular complexity index is 389. The molecule has 1 N–H and O–H groups in total. The van der Waals surface area contributed by atoms with E-state index in [2.05, 4.69) is 11.8 Å². The molecule has 0 aromatic carbocycles. The highest BCUT2D eigenvalue weighted by Crippen LogP contribution is 2.47. The van der Waals surface area contributed by atoms with Crippen LogP contribution in [0.2, 0.25) is 0 Å². The zero-order chi connectivity index (χ0) is 15.6. The Kier molecular flexibility index (Phi) is 5.08. The third kappa shape index (κ3) is 3.65. The van der Waals surface area contributed by atoms with Crippen LogP contribution in [0.3, 0.4) is 0 Å². The van der Waals surface area contributed by atoms with Crippen LogP contribution in [-0.2, 0) is 4.79 Å². The molecule has 2 heterocycles. The lowest BCUT2D eigenvalue weighted by Gasteiger charge is -2.43. The minimum absolute atomic E-state index is 0.218. The van der Waals surface area contributed by atoms with E-state index in [0.717, 1.165) is 39.1 Å². The monoisotopic (exact) mass is 308 g/mol. The molecule has 2 atom stereocenters. The van der Waals surface area contributed by atoms with E-state index in [9.17, 15) is 9.90 Å². The number of amides is 1. The van der Waals surface area contributed by atoms with Crippen molar-refractivity contribution >= 4 is 5.91 Å². The van der Waals surface area contributed by atoms with Gasteiger partial charge in [0.25, 0.3) is 0 Å². The summed E-state index contributed by atoms with van der Waals surface area (Å²) >= 11 is 0. The number of aliphatic hydroxyl groups is 1. The van der Waals surface area contributed by atoms with Crippen molar-refractivity contribution in [1.82, 2.24) is 9.80 Å². The van der Waals surface area contributed by atoms with Gasteiger partial charge in [-0.2, -0.15) is 0 Å². The number of carbonyl (C=O) groups is 1. The average molecular weight is 308 g/mol. The third-order valence-electron chi connectivity index (χ3n) is 6.11. The summed E-state index contributed by atoms with van der Waals surface area (Å²) in [5.74, 6) is 1.00. The smallest absolute Gasteiger partial charge is 0.223 e. The van der Waals surface area contributed by atoms with Crippen LogP contribution in [0.4, 0.5) is 0 Å². The number of hydrogen-bond donors (Lipinski definition) is 1. The summed E-state index contributed by atoms with van der Waals surface area (Å²) in [6.07, 6.45) is 9.00. The largest absolute Gasteiger partial charge is 0.389 e. The molecule has 3 fully saturated rings. The van der Waals surface area contributed by atoms with Crippen LogP contribution in [0.5, 0.6) is 0 Å². The lowest BCUT2D eigenvalue weighted by molar-refractivity contribution is -0.141. The van der Waals surface area contributed by atoms with Crippen molar-refractivity contribution in [3.63, 3.8) is 0 Å². The van der Waals surface area contributed by atoms with Crippen LogP contribution < -0.4 is 0 Å². The van der Waals surface area contributed by atoms with Gasteiger partial charge in [-0.3, -0.25) is 4.79 Å². The predicted molar refractivity (Wildman–Crippen MR) is 87.6 cm³/mol. The lowest BCUT2D eigenvalue weighted by Crippen LogP contribution is -2.53. The topological polar surface area (TPSA) is 43.8 Å². The maximum absolute atomic E-state index is 12.5. The molecular weight excluding hydrogens is 276 g/mol. The molecule has 1 saturated carbocycles. The first-order valence-electron chi connectivity index (χ1n) is 9.32. The maximum Gasteiger partial charge on any atom is 0.223 e. The van der Waals surface area contributed by atoms with Gasteiger partial charge in [-0.1, -0.05) is 19.8 Å². The summed E-state index contributed by atoms with van der Waals surface area (Å²) in [4.78, 5) is 16.9. The second-order valence-electron chi connectivity index (χ2n) is 7.76. The van der Waals surface area contributed by atoms with Crippen LogP contribution in [-0.4, -0.2) is 59.1 Å². The molecule has 0 aromatic rings. The number of likely N-dealkylation sites (tertiary alicyclic amines) is 2. The Morgan fingerprint density at radius 3 is 2.41 bits per heavy atom. The highest BCUT2D eigenvalue weighted by atomic mass is 16.3. The van der Waals surface area contributed by atoms with E-state index in [-0.39, 0.29) is 11.8 Å². The van der Waals surface area contributed by atoms with Gasteiger partial charge in [0.2, 0.25) is 5.91 Å². The summed E-state index contributed by atoms with van der Waals surface area (Å²) in [5.41, 5.74) is -0.498. The van der Waals surface area contributed by atoms with Gasteiger partial charge in [-0.15, -0.1) is 0 Å². The molecular formula is C18H32N2O2. The van der Waals surface area contributed by atoms with Crippen LogP contribution in [0, 0.1) is 11.8 Å². The zero-order valence-corrected chi connectivity index (χ0v) is 14.1. The Labute approximate surface area is 134 Å². The lowest BCUT2D eigenvalue weighted by atomic mass is 9.78. The minimum Gasteiger partial charge on any atom is -0.389 e. The van der Waals surface area contributed by atoms with E-state index in [0.29, 0.717) is 12.3 Å². The fraction of sp³-hybridized carbons (Fsp3) is 0.944. The molecule has 126 valence electrons. The molecule has 1 aliphatic carbocycles. The standard InChI is InChI=1S/C18H32N2O2/c1-15-14-20(13-9-18(15,22)16-6-7-16)17(21)8-12-19-10-4-2-3-5-11-19/h15-16,22H,2-14H2,1H3/t15-,18+/m1/s1. The summed E-state index contributed by atoms with van der Waals surface area (Å²) in [6.45, 7) is 6.83. The summed E-state index contributed by atoms with van der Waals surface area (Å²) in [5, 5.41) is 10.8. The quantitative estimate of drug-likeness (QED) is 0.866. The van der Waals surface area contributed by atoms with Crippen molar-refractivity contribution in [3.05, 3.63) is 0 Å². The maximum atomic E-state index is 12.5. The van der Waals surface area contributed by atoms with E-state index >= 15 is 0 Å². The Morgan fingerprint density at radius 2 is 1.82 bits per heavy atom. The summed E-state index contributed by atoms with van der Waals surface area (Å²) in [7, 11) is 0. The SMILES string of the molecule is C[C@@H]1CN(C(=O)CCN2CCCCCC2)CC[C@@]1(O)C1CC1. The van der Waals surface area contributed by atoms with E-state index in [1.54, 1.807) is 0 Å². The Hall–Kier alpha value is -0.610. The zero-order valence-electron chi connectivity index (χ0n) is 14.1. The number of rotatable bonds is 4. The Morgan fingerprint density at radius 1 is 1.14 bits per heavy atom. The van der Waals surface area contributed by atoms with Gasteiger partial charge in [0.1, 0.15) is 0 Å². The van der Waals surface area contributed by atoms with Crippen LogP contribution in [0.25, 0.3) is 0 Å². The molecule has 4 heteroatoms. The van der Waals surface area contributed by atoms with Gasteiger partial charge in [0.15, 0.2) is 0 Å². The van der Waals surface area contributed by atoms with Crippen molar-refractivity contribution in [1.29, 1.82) is 0 Å². The van der Waals surface area contributed by atoms with Gasteiger partial charge in [0.05, 0.1) is 5.60 Å². The van der Waals surface area contributed by atoms with Crippen molar-refractivity contribution in [2.24, 2.45) is 11.8 Å². The van der Waals surface area contributed by atoms with Crippen LogP contribution in [0.15, 0.2) is 0 Å².